The Hall–Kier alpha value is -0.120. The summed E-state index contributed by atoms with van der Waals surface area (Å²) in [5.41, 5.74) is -0.583. The normalized spacial score (nSPS) is 24.4. The van der Waals surface area contributed by atoms with Crippen LogP contribution in [0.1, 0.15) is 34.1 Å². The Morgan fingerprint density at radius 2 is 2.07 bits per heavy atom. The average molecular weight is 214 g/mol. The number of aliphatic hydroxyl groups is 1. The van der Waals surface area contributed by atoms with E-state index in [0.29, 0.717) is 12.1 Å². The van der Waals surface area contributed by atoms with Gasteiger partial charge >= 0.3 is 0 Å². The van der Waals surface area contributed by atoms with Crippen LogP contribution >= 0.6 is 0 Å². The molecule has 15 heavy (non-hydrogen) atoms. The van der Waals surface area contributed by atoms with Gasteiger partial charge in [-0.2, -0.15) is 0 Å². The zero-order valence-corrected chi connectivity index (χ0v) is 10.8. The Bertz CT molecular complexity index is 198. The molecule has 3 nitrogen and oxygen atoms in total. The first kappa shape index (κ1) is 12.9. The summed E-state index contributed by atoms with van der Waals surface area (Å²) in [5.74, 6) is 0. The first-order chi connectivity index (χ1) is 6.79. The van der Waals surface area contributed by atoms with E-state index < -0.39 is 5.60 Å². The van der Waals surface area contributed by atoms with Crippen LogP contribution in [0.4, 0.5) is 0 Å². The fourth-order valence-electron chi connectivity index (χ4n) is 2.34. The molecule has 0 saturated carbocycles. The van der Waals surface area contributed by atoms with Crippen molar-refractivity contribution in [2.45, 2.75) is 51.8 Å². The van der Waals surface area contributed by atoms with Crippen LogP contribution in [-0.4, -0.2) is 59.3 Å². The van der Waals surface area contributed by atoms with E-state index in [-0.39, 0.29) is 0 Å². The van der Waals surface area contributed by atoms with E-state index in [1.165, 1.54) is 13.0 Å². The molecule has 90 valence electrons. The largest absolute Gasteiger partial charge is 0.389 e. The molecule has 1 saturated heterocycles. The van der Waals surface area contributed by atoms with Crippen LogP contribution < -0.4 is 0 Å². The van der Waals surface area contributed by atoms with Gasteiger partial charge in [-0.1, -0.05) is 0 Å². The van der Waals surface area contributed by atoms with E-state index in [9.17, 15) is 5.11 Å². The van der Waals surface area contributed by atoms with Gasteiger partial charge in [0.05, 0.1) is 5.60 Å². The van der Waals surface area contributed by atoms with Gasteiger partial charge in [0.2, 0.25) is 0 Å². The molecular weight excluding hydrogens is 188 g/mol. The molecule has 0 amide bonds. The Morgan fingerprint density at radius 1 is 1.47 bits per heavy atom. The molecule has 1 fully saturated rings. The number of nitrogens with zero attached hydrogens (tertiary/aromatic N) is 2. The summed E-state index contributed by atoms with van der Waals surface area (Å²) in [4.78, 5) is 4.80. The molecule has 0 aromatic rings. The van der Waals surface area contributed by atoms with Gasteiger partial charge in [0.1, 0.15) is 0 Å². The molecule has 1 aliphatic heterocycles. The molecule has 1 unspecified atom stereocenters. The molecule has 1 N–H and O–H groups in total. The standard InChI is InChI=1S/C12H26N2O/c1-10(2)14-7-6-11(8-14)13(5)9-12(3,4)15/h10-11,15H,6-9H2,1-5H3. The fourth-order valence-corrected chi connectivity index (χ4v) is 2.34. The van der Waals surface area contributed by atoms with Crippen molar-refractivity contribution < 1.29 is 5.11 Å². The second-order valence-corrected chi connectivity index (χ2v) is 5.76. The lowest BCUT2D eigenvalue weighted by Crippen LogP contribution is -2.43. The highest BCUT2D eigenvalue weighted by molar-refractivity contribution is 4.85. The van der Waals surface area contributed by atoms with Gasteiger partial charge in [0.25, 0.3) is 0 Å². The van der Waals surface area contributed by atoms with Crippen molar-refractivity contribution in [3.05, 3.63) is 0 Å². The molecular formula is C12H26N2O. The van der Waals surface area contributed by atoms with Gasteiger partial charge in [-0.05, 0) is 41.2 Å². The molecule has 0 aliphatic carbocycles. The Kier molecular flexibility index (Phi) is 4.15. The maximum atomic E-state index is 9.77. The van der Waals surface area contributed by atoms with Gasteiger partial charge in [-0.25, -0.2) is 0 Å². The Balaban J connectivity index is 2.40. The molecule has 1 aliphatic rings. The average Bonchev–Trinajstić information content (AvgIpc) is 2.47. The highest BCUT2D eigenvalue weighted by atomic mass is 16.3. The van der Waals surface area contributed by atoms with Gasteiger partial charge in [0, 0.05) is 31.7 Å². The highest BCUT2D eigenvalue weighted by Crippen LogP contribution is 2.18. The minimum absolute atomic E-state index is 0.583. The van der Waals surface area contributed by atoms with E-state index in [1.54, 1.807) is 0 Å². The lowest BCUT2D eigenvalue weighted by Gasteiger charge is -2.30. The maximum Gasteiger partial charge on any atom is 0.0718 e. The van der Waals surface area contributed by atoms with E-state index in [0.717, 1.165) is 13.1 Å². The predicted octanol–water partition coefficient (Wildman–Crippen LogP) is 1.17. The lowest BCUT2D eigenvalue weighted by atomic mass is 10.1. The van der Waals surface area contributed by atoms with Crippen molar-refractivity contribution in [1.82, 2.24) is 9.80 Å². The summed E-state index contributed by atoms with van der Waals surface area (Å²) in [7, 11) is 2.12. The van der Waals surface area contributed by atoms with Crippen LogP contribution in [0, 0.1) is 0 Å². The number of hydrogen-bond donors (Lipinski definition) is 1. The molecule has 1 rings (SSSR count). The summed E-state index contributed by atoms with van der Waals surface area (Å²) in [5, 5.41) is 9.77. The summed E-state index contributed by atoms with van der Waals surface area (Å²) in [6, 6.07) is 1.25. The van der Waals surface area contributed by atoms with Crippen LogP contribution in [0.25, 0.3) is 0 Å². The smallest absolute Gasteiger partial charge is 0.0718 e. The molecule has 1 atom stereocenters. The number of likely N-dealkylation sites (N-methyl/N-ethyl adjacent to an activating group) is 1. The summed E-state index contributed by atoms with van der Waals surface area (Å²) in [6.07, 6.45) is 1.23. The SMILES string of the molecule is CC(C)N1CCC(N(C)CC(C)(C)O)C1. The minimum Gasteiger partial charge on any atom is -0.389 e. The third kappa shape index (κ3) is 4.09. The van der Waals surface area contributed by atoms with Crippen LogP contribution in [0.15, 0.2) is 0 Å². The zero-order valence-electron chi connectivity index (χ0n) is 10.8. The molecule has 1 heterocycles. The monoisotopic (exact) mass is 214 g/mol. The van der Waals surface area contributed by atoms with E-state index in [2.05, 4.69) is 30.7 Å². The van der Waals surface area contributed by atoms with Crippen molar-refractivity contribution in [2.75, 3.05) is 26.7 Å². The van der Waals surface area contributed by atoms with E-state index in [1.807, 2.05) is 13.8 Å². The number of rotatable bonds is 4. The van der Waals surface area contributed by atoms with Crippen molar-refractivity contribution in [3.8, 4) is 0 Å². The van der Waals surface area contributed by atoms with Crippen LogP contribution in [0.5, 0.6) is 0 Å². The van der Waals surface area contributed by atoms with E-state index in [4.69, 9.17) is 0 Å². The molecule has 0 spiro atoms. The van der Waals surface area contributed by atoms with Crippen LogP contribution in [-0.2, 0) is 0 Å². The molecule has 0 bridgehead atoms. The summed E-state index contributed by atoms with van der Waals surface area (Å²) >= 11 is 0. The maximum absolute atomic E-state index is 9.77. The zero-order chi connectivity index (χ0) is 11.6. The van der Waals surface area contributed by atoms with Crippen LogP contribution in [0.3, 0.4) is 0 Å². The van der Waals surface area contributed by atoms with Crippen molar-refractivity contribution in [1.29, 1.82) is 0 Å². The molecule has 0 aromatic carbocycles. The van der Waals surface area contributed by atoms with Gasteiger partial charge in [-0.15, -0.1) is 0 Å². The topological polar surface area (TPSA) is 26.7 Å². The first-order valence-corrected chi connectivity index (χ1v) is 5.96. The molecule has 0 radical (unpaired) electrons. The third-order valence-electron chi connectivity index (χ3n) is 3.18. The molecule has 3 heteroatoms. The lowest BCUT2D eigenvalue weighted by molar-refractivity contribution is 0.0319. The van der Waals surface area contributed by atoms with Crippen molar-refractivity contribution >= 4 is 0 Å². The number of likely N-dealkylation sites (tertiary alicyclic amines) is 1. The summed E-state index contributed by atoms with van der Waals surface area (Å²) < 4.78 is 0. The van der Waals surface area contributed by atoms with Gasteiger partial charge < -0.3 is 5.11 Å². The quantitative estimate of drug-likeness (QED) is 0.761. The molecule has 0 aromatic heterocycles. The van der Waals surface area contributed by atoms with Crippen molar-refractivity contribution in [2.24, 2.45) is 0 Å². The minimum atomic E-state index is -0.583. The van der Waals surface area contributed by atoms with Crippen LogP contribution in [0.2, 0.25) is 0 Å². The predicted molar refractivity (Wildman–Crippen MR) is 64.0 cm³/mol. The first-order valence-electron chi connectivity index (χ1n) is 5.96. The fraction of sp³-hybridized carbons (Fsp3) is 1.00. The second kappa shape index (κ2) is 4.81. The van der Waals surface area contributed by atoms with Crippen molar-refractivity contribution in [3.63, 3.8) is 0 Å². The van der Waals surface area contributed by atoms with Gasteiger partial charge in [-0.3, -0.25) is 9.80 Å². The Labute approximate surface area is 94.1 Å². The van der Waals surface area contributed by atoms with Gasteiger partial charge in [0.15, 0.2) is 0 Å². The summed E-state index contributed by atoms with van der Waals surface area (Å²) in [6.45, 7) is 11.3. The highest BCUT2D eigenvalue weighted by Gasteiger charge is 2.29. The third-order valence-corrected chi connectivity index (χ3v) is 3.18. The Morgan fingerprint density at radius 3 is 2.47 bits per heavy atom. The second-order valence-electron chi connectivity index (χ2n) is 5.76. The number of hydrogen-bond acceptors (Lipinski definition) is 3. The van der Waals surface area contributed by atoms with E-state index >= 15 is 0 Å².